The molecule has 4 rings (SSSR count). The molecule has 230 valence electrons. The lowest BCUT2D eigenvalue weighted by molar-refractivity contribution is -0.158. The molecule has 1 N–H and O–H groups in total. The fourth-order valence-electron chi connectivity index (χ4n) is 7.11. The summed E-state index contributed by atoms with van der Waals surface area (Å²) >= 11 is 0. The molecular weight excluding hydrogens is 524 g/mol. The summed E-state index contributed by atoms with van der Waals surface area (Å²) in [5.41, 5.74) is 3.04. The summed E-state index contributed by atoms with van der Waals surface area (Å²) in [5, 5.41) is 3.89. The van der Waals surface area contributed by atoms with Gasteiger partial charge < -0.3 is 19.7 Å². The lowest BCUT2D eigenvalue weighted by Gasteiger charge is -2.36. The van der Waals surface area contributed by atoms with Crippen molar-refractivity contribution in [1.29, 1.82) is 0 Å². The van der Waals surface area contributed by atoms with E-state index >= 15 is 0 Å². The zero-order chi connectivity index (χ0) is 30.7. The highest BCUT2D eigenvalue weighted by molar-refractivity contribution is 5.88. The number of benzene rings is 2. The fraction of sp³-hybridized carbons (Fsp3) is 0.611. The molecule has 2 fully saturated rings. The van der Waals surface area contributed by atoms with Crippen LogP contribution in [0.5, 0.6) is 5.75 Å². The molecule has 2 aliphatic rings. The smallest absolute Gasteiger partial charge is 0.329 e. The molecule has 42 heavy (non-hydrogen) atoms. The molecular formula is C36H52N2O4. The molecule has 1 aliphatic heterocycles. The van der Waals surface area contributed by atoms with Crippen LogP contribution in [0.4, 0.5) is 0 Å². The van der Waals surface area contributed by atoms with E-state index < -0.39 is 6.04 Å². The average Bonchev–Trinajstić information content (AvgIpc) is 3.32. The van der Waals surface area contributed by atoms with Crippen LogP contribution in [-0.4, -0.2) is 42.6 Å². The topological polar surface area (TPSA) is 67.9 Å². The first-order valence-corrected chi connectivity index (χ1v) is 15.8. The van der Waals surface area contributed by atoms with Gasteiger partial charge in [0.1, 0.15) is 11.8 Å². The van der Waals surface area contributed by atoms with Crippen molar-refractivity contribution in [3.63, 3.8) is 0 Å². The summed E-state index contributed by atoms with van der Waals surface area (Å²) in [5.74, 6) is 0.372. The van der Waals surface area contributed by atoms with Gasteiger partial charge in [-0.05, 0) is 47.8 Å². The minimum atomic E-state index is -0.676. The zero-order valence-electron chi connectivity index (χ0n) is 27.0. The molecule has 2 aromatic rings. The highest BCUT2D eigenvalue weighted by Crippen LogP contribution is 2.49. The molecule has 0 unspecified atom stereocenters. The monoisotopic (exact) mass is 576 g/mol. The third-order valence-corrected chi connectivity index (χ3v) is 9.22. The van der Waals surface area contributed by atoms with Gasteiger partial charge in [0.25, 0.3) is 0 Å². The number of nitrogens with one attached hydrogen (secondary N) is 1. The maximum Gasteiger partial charge on any atom is 0.329 e. The first-order chi connectivity index (χ1) is 19.9. The van der Waals surface area contributed by atoms with Gasteiger partial charge in [0.15, 0.2) is 0 Å². The number of ether oxygens (including phenoxy) is 2. The van der Waals surface area contributed by atoms with E-state index in [1.54, 1.807) is 7.11 Å². The first kappa shape index (κ1) is 32.1. The zero-order valence-corrected chi connectivity index (χ0v) is 27.0. The van der Waals surface area contributed by atoms with Crippen molar-refractivity contribution in [2.45, 2.75) is 111 Å². The van der Waals surface area contributed by atoms with Crippen molar-refractivity contribution in [2.75, 3.05) is 13.7 Å². The van der Waals surface area contributed by atoms with Crippen LogP contribution < -0.4 is 10.1 Å². The molecule has 0 radical (unpaired) electrons. The number of carbonyl (C=O) groups is 2. The molecule has 2 aromatic carbocycles. The number of rotatable bonds is 8. The number of methoxy groups -OCH3 is 1. The summed E-state index contributed by atoms with van der Waals surface area (Å²) in [7, 11) is 1.71. The normalized spacial score (nSPS) is 23.6. The van der Waals surface area contributed by atoms with Crippen LogP contribution >= 0.6 is 0 Å². The number of hydrogen-bond acceptors (Lipinski definition) is 5. The molecule has 6 heteroatoms. The Kier molecular flexibility index (Phi) is 10.1. The number of esters is 1. The standard InChI is InChI=1S/C36H52N2O4/c1-9-42-34(40)32-29(36(5,6)7)30(37-23-26-22-27(35(2,3)4)20-21-28(26)41-8)31(24-16-12-10-13-17-24)38(32)33(39)25-18-14-11-15-19-25/h10,12-13,16-17,20-22,25,29-32,37H,9,11,14-15,18-19,23H2,1-8H3/t29-,30-,31-,32-/m0/s1. The minimum absolute atomic E-state index is 0.00683. The largest absolute Gasteiger partial charge is 0.496 e. The van der Waals surface area contributed by atoms with E-state index in [9.17, 15) is 9.59 Å². The molecule has 1 aliphatic carbocycles. The highest BCUT2D eigenvalue weighted by atomic mass is 16.5. The van der Waals surface area contributed by atoms with Crippen molar-refractivity contribution in [1.82, 2.24) is 10.2 Å². The second-order valence-corrected chi connectivity index (χ2v) is 14.2. The molecule has 1 amide bonds. The Hall–Kier alpha value is -2.86. The SMILES string of the molecule is CCOC(=O)[C@@H]1[C@@H](C(C)(C)C)[C@H](NCc2cc(C(C)(C)C)ccc2OC)[C@H](c2ccccc2)N1C(=O)C1CCCCC1. The Bertz CT molecular complexity index is 1210. The summed E-state index contributed by atoms with van der Waals surface area (Å²) < 4.78 is 11.5. The van der Waals surface area contributed by atoms with E-state index in [0.717, 1.165) is 49.0 Å². The second-order valence-electron chi connectivity index (χ2n) is 14.2. The van der Waals surface area contributed by atoms with E-state index in [1.165, 1.54) is 5.56 Å². The molecule has 1 saturated heterocycles. The molecule has 6 nitrogen and oxygen atoms in total. The van der Waals surface area contributed by atoms with Crippen LogP contribution in [0.2, 0.25) is 0 Å². The summed E-state index contributed by atoms with van der Waals surface area (Å²) in [6.07, 6.45) is 5.03. The van der Waals surface area contributed by atoms with Gasteiger partial charge in [-0.25, -0.2) is 4.79 Å². The van der Waals surface area contributed by atoms with E-state index in [2.05, 4.69) is 71.1 Å². The number of hydrogen-bond donors (Lipinski definition) is 1. The van der Waals surface area contributed by atoms with Crippen LogP contribution in [0, 0.1) is 17.3 Å². The number of nitrogens with zero attached hydrogens (tertiary/aromatic N) is 1. The summed E-state index contributed by atoms with van der Waals surface area (Å²) in [6, 6.07) is 15.5. The van der Waals surface area contributed by atoms with Gasteiger partial charge in [-0.2, -0.15) is 0 Å². The third-order valence-electron chi connectivity index (χ3n) is 9.22. The van der Waals surface area contributed by atoms with Gasteiger partial charge in [-0.15, -0.1) is 0 Å². The van der Waals surface area contributed by atoms with Crippen molar-refractivity contribution in [3.05, 3.63) is 65.2 Å². The van der Waals surface area contributed by atoms with E-state index in [-0.39, 0.29) is 53.2 Å². The third kappa shape index (κ3) is 6.85. The molecule has 0 spiro atoms. The van der Waals surface area contributed by atoms with Crippen LogP contribution in [0.3, 0.4) is 0 Å². The van der Waals surface area contributed by atoms with Gasteiger partial charge in [0.05, 0.1) is 19.8 Å². The van der Waals surface area contributed by atoms with Crippen molar-refractivity contribution in [2.24, 2.45) is 17.3 Å². The average molecular weight is 577 g/mol. The predicted octanol–water partition coefficient (Wildman–Crippen LogP) is 7.21. The van der Waals surface area contributed by atoms with Crippen LogP contribution in [-0.2, 0) is 26.3 Å². The number of amides is 1. The minimum Gasteiger partial charge on any atom is -0.496 e. The Morgan fingerprint density at radius 2 is 1.62 bits per heavy atom. The molecule has 4 atom stereocenters. The molecule has 0 aromatic heterocycles. The lowest BCUT2D eigenvalue weighted by Crippen LogP contribution is -2.50. The molecule has 1 saturated carbocycles. The van der Waals surface area contributed by atoms with Crippen LogP contribution in [0.25, 0.3) is 0 Å². The highest BCUT2D eigenvalue weighted by Gasteiger charge is 2.58. The Labute approximate surface area is 253 Å². The number of likely N-dealkylation sites (tertiary alicyclic amines) is 1. The second kappa shape index (κ2) is 13.2. The van der Waals surface area contributed by atoms with E-state index in [1.807, 2.05) is 36.1 Å². The van der Waals surface area contributed by atoms with Gasteiger partial charge in [-0.3, -0.25) is 4.79 Å². The fourth-order valence-corrected chi connectivity index (χ4v) is 7.11. The maximum absolute atomic E-state index is 14.5. The Morgan fingerprint density at radius 1 is 0.952 bits per heavy atom. The predicted molar refractivity (Wildman–Crippen MR) is 168 cm³/mol. The van der Waals surface area contributed by atoms with Gasteiger partial charge >= 0.3 is 5.97 Å². The van der Waals surface area contributed by atoms with Crippen molar-refractivity contribution in [3.8, 4) is 5.75 Å². The van der Waals surface area contributed by atoms with Gasteiger partial charge in [0, 0.05) is 30.0 Å². The quantitative estimate of drug-likeness (QED) is 0.337. The number of carbonyl (C=O) groups excluding carboxylic acids is 2. The van der Waals surface area contributed by atoms with Crippen LogP contribution in [0.15, 0.2) is 48.5 Å². The van der Waals surface area contributed by atoms with E-state index in [4.69, 9.17) is 9.47 Å². The van der Waals surface area contributed by atoms with Crippen molar-refractivity contribution < 1.29 is 19.1 Å². The van der Waals surface area contributed by atoms with E-state index in [0.29, 0.717) is 6.54 Å². The first-order valence-electron chi connectivity index (χ1n) is 15.8. The summed E-state index contributed by atoms with van der Waals surface area (Å²) in [4.78, 5) is 30.3. The van der Waals surface area contributed by atoms with Crippen LogP contribution in [0.1, 0.15) is 103 Å². The van der Waals surface area contributed by atoms with Gasteiger partial charge in [-0.1, -0.05) is 103 Å². The summed E-state index contributed by atoms with van der Waals surface area (Å²) in [6.45, 7) is 15.8. The lowest BCUT2D eigenvalue weighted by atomic mass is 9.72. The van der Waals surface area contributed by atoms with Gasteiger partial charge in [0.2, 0.25) is 5.91 Å². The van der Waals surface area contributed by atoms with Crippen molar-refractivity contribution >= 4 is 11.9 Å². The molecule has 1 heterocycles. The maximum atomic E-state index is 14.5. The molecule has 0 bridgehead atoms. The Morgan fingerprint density at radius 3 is 2.19 bits per heavy atom. The Balaban J connectivity index is 1.84.